The Morgan fingerprint density at radius 3 is 3.00 bits per heavy atom. The molecule has 0 atom stereocenters. The Balaban J connectivity index is 1.72. The molecule has 0 fully saturated rings. The van der Waals surface area contributed by atoms with E-state index in [4.69, 9.17) is 10.9 Å². The van der Waals surface area contributed by atoms with Gasteiger partial charge in [0.1, 0.15) is 11.5 Å². The highest BCUT2D eigenvalue weighted by atomic mass is 16.5. The van der Waals surface area contributed by atoms with Crippen molar-refractivity contribution in [1.82, 2.24) is 10.5 Å². The van der Waals surface area contributed by atoms with Crippen LogP contribution < -0.4 is 10.6 Å². The van der Waals surface area contributed by atoms with Crippen molar-refractivity contribution >= 4 is 11.6 Å². The van der Waals surface area contributed by atoms with Gasteiger partial charge < -0.3 is 15.2 Å². The summed E-state index contributed by atoms with van der Waals surface area (Å²) in [5.41, 5.74) is 3.48. The number of carbonyl (C=O) groups is 1. The molecule has 118 valence electrons. The summed E-state index contributed by atoms with van der Waals surface area (Å²) in [4.78, 5) is 12.1. The second kappa shape index (κ2) is 7.01. The fourth-order valence-corrected chi connectivity index (χ4v) is 2.83. The predicted molar refractivity (Wildman–Crippen MR) is 88.1 cm³/mol. The summed E-state index contributed by atoms with van der Waals surface area (Å²) in [6.45, 7) is 0.752. The van der Waals surface area contributed by atoms with Gasteiger partial charge in [0, 0.05) is 17.7 Å². The average Bonchev–Trinajstić information content (AvgIpc) is 3.01. The van der Waals surface area contributed by atoms with Crippen LogP contribution in [0.3, 0.4) is 0 Å². The minimum absolute atomic E-state index is 0.187. The van der Waals surface area contributed by atoms with E-state index in [2.05, 4.69) is 21.7 Å². The van der Waals surface area contributed by atoms with Crippen molar-refractivity contribution in [3.05, 3.63) is 46.8 Å². The summed E-state index contributed by atoms with van der Waals surface area (Å²) in [6.07, 6.45) is 9.49. The molecule has 0 saturated heterocycles. The van der Waals surface area contributed by atoms with Gasteiger partial charge in [0.05, 0.1) is 18.7 Å². The molecule has 1 aromatic heterocycles. The summed E-state index contributed by atoms with van der Waals surface area (Å²) < 4.78 is 5.41. The van der Waals surface area contributed by atoms with Crippen molar-refractivity contribution in [3.8, 4) is 12.3 Å². The molecule has 0 radical (unpaired) electrons. The van der Waals surface area contributed by atoms with Crippen LogP contribution in [0.4, 0.5) is 5.69 Å². The first kappa shape index (κ1) is 15.2. The number of benzene rings is 1. The van der Waals surface area contributed by atoms with E-state index in [-0.39, 0.29) is 12.5 Å². The molecular weight excluding hydrogens is 290 g/mol. The first-order valence-electron chi connectivity index (χ1n) is 7.80. The molecule has 0 unspecified atom stereocenters. The molecule has 5 heteroatoms. The lowest BCUT2D eigenvalue weighted by Gasteiger charge is -2.12. The topological polar surface area (TPSA) is 67.2 Å². The maximum atomic E-state index is 12.1. The number of hydrogen-bond donors (Lipinski definition) is 2. The number of aromatic nitrogens is 1. The van der Waals surface area contributed by atoms with Gasteiger partial charge in [0.2, 0.25) is 0 Å². The highest BCUT2D eigenvalue weighted by Gasteiger charge is 2.19. The number of hydrogen-bond acceptors (Lipinski definition) is 4. The van der Waals surface area contributed by atoms with Crippen molar-refractivity contribution in [2.24, 2.45) is 0 Å². The van der Waals surface area contributed by atoms with E-state index in [1.807, 2.05) is 18.2 Å². The van der Waals surface area contributed by atoms with Crippen LogP contribution in [-0.4, -0.2) is 17.6 Å². The summed E-state index contributed by atoms with van der Waals surface area (Å²) in [5.74, 6) is 3.22. The first-order valence-corrected chi connectivity index (χ1v) is 7.80. The lowest BCUT2D eigenvalue weighted by Crippen LogP contribution is -2.24. The molecule has 0 aliphatic heterocycles. The molecule has 1 amide bonds. The molecule has 0 bridgehead atoms. The third-order valence-corrected chi connectivity index (χ3v) is 4.00. The van der Waals surface area contributed by atoms with E-state index in [1.165, 1.54) is 12.0 Å². The van der Waals surface area contributed by atoms with Gasteiger partial charge in [0.15, 0.2) is 0 Å². The van der Waals surface area contributed by atoms with Crippen LogP contribution in [-0.2, 0) is 19.4 Å². The summed E-state index contributed by atoms with van der Waals surface area (Å²) in [7, 11) is 0. The fourth-order valence-electron chi connectivity index (χ4n) is 2.83. The third-order valence-electron chi connectivity index (χ3n) is 4.00. The van der Waals surface area contributed by atoms with Gasteiger partial charge in [-0.1, -0.05) is 23.2 Å². The summed E-state index contributed by atoms with van der Waals surface area (Å²) >= 11 is 0. The predicted octanol–water partition coefficient (Wildman–Crippen LogP) is 2.53. The second-order valence-electron chi connectivity index (χ2n) is 5.52. The molecule has 23 heavy (non-hydrogen) atoms. The van der Waals surface area contributed by atoms with Gasteiger partial charge in [-0.25, -0.2) is 0 Å². The van der Waals surface area contributed by atoms with Gasteiger partial charge in [-0.2, -0.15) is 0 Å². The van der Waals surface area contributed by atoms with Crippen molar-refractivity contribution in [3.63, 3.8) is 0 Å². The van der Waals surface area contributed by atoms with Crippen LogP contribution in [0.25, 0.3) is 0 Å². The van der Waals surface area contributed by atoms with Gasteiger partial charge in [0.25, 0.3) is 5.91 Å². The number of fused-ring (bicyclic) bond motifs is 1. The quantitative estimate of drug-likeness (QED) is 0.833. The lowest BCUT2D eigenvalue weighted by molar-refractivity contribution is 0.0959. The van der Waals surface area contributed by atoms with Gasteiger partial charge in [-0.15, -0.1) is 6.42 Å². The highest BCUT2D eigenvalue weighted by molar-refractivity contribution is 5.99. The molecule has 1 aliphatic carbocycles. The normalized spacial score (nSPS) is 13.0. The van der Waals surface area contributed by atoms with E-state index in [1.54, 1.807) is 6.07 Å². The minimum Gasteiger partial charge on any atom is -0.379 e. The molecular formula is C18H19N3O2. The van der Waals surface area contributed by atoms with E-state index in [0.29, 0.717) is 12.1 Å². The molecule has 0 spiro atoms. The SMILES string of the molecule is C#CCNC(=O)c1ccccc1NCc1noc2c1CCCC2. The van der Waals surface area contributed by atoms with E-state index in [9.17, 15) is 4.79 Å². The highest BCUT2D eigenvalue weighted by Crippen LogP contribution is 2.25. The molecule has 1 heterocycles. The van der Waals surface area contributed by atoms with Crippen LogP contribution in [0.2, 0.25) is 0 Å². The average molecular weight is 309 g/mol. The monoisotopic (exact) mass is 309 g/mol. The van der Waals surface area contributed by atoms with Crippen molar-refractivity contribution in [1.29, 1.82) is 0 Å². The number of para-hydroxylation sites is 1. The fraction of sp³-hybridized carbons (Fsp3) is 0.333. The van der Waals surface area contributed by atoms with Crippen molar-refractivity contribution in [2.45, 2.75) is 32.2 Å². The molecule has 3 rings (SSSR count). The standard InChI is InChI=1S/C18H19N3O2/c1-2-11-19-18(22)14-8-3-5-9-15(14)20-12-16-13-7-4-6-10-17(13)23-21-16/h1,3,5,8-9,20H,4,6-7,10-12H2,(H,19,22). The zero-order valence-electron chi connectivity index (χ0n) is 12.9. The van der Waals surface area contributed by atoms with Gasteiger partial charge >= 0.3 is 0 Å². The summed E-state index contributed by atoms with van der Waals surface area (Å²) in [5, 5.41) is 10.1. The smallest absolute Gasteiger partial charge is 0.254 e. The zero-order chi connectivity index (χ0) is 16.1. The van der Waals surface area contributed by atoms with Crippen molar-refractivity contribution in [2.75, 3.05) is 11.9 Å². The molecule has 2 N–H and O–H groups in total. The van der Waals surface area contributed by atoms with E-state index < -0.39 is 0 Å². The molecule has 0 saturated carbocycles. The summed E-state index contributed by atoms with van der Waals surface area (Å²) in [6, 6.07) is 7.36. The van der Waals surface area contributed by atoms with Gasteiger partial charge in [-0.3, -0.25) is 4.79 Å². The maximum absolute atomic E-state index is 12.1. The molecule has 1 aromatic carbocycles. The Kier molecular flexibility index (Phi) is 4.62. The van der Waals surface area contributed by atoms with Crippen molar-refractivity contribution < 1.29 is 9.32 Å². The number of amides is 1. The van der Waals surface area contributed by atoms with Crippen LogP contribution in [0.1, 0.15) is 40.2 Å². The Hall–Kier alpha value is -2.74. The van der Waals surface area contributed by atoms with Crippen LogP contribution in [0.15, 0.2) is 28.8 Å². The Morgan fingerprint density at radius 2 is 2.13 bits per heavy atom. The second-order valence-corrected chi connectivity index (χ2v) is 5.52. The third kappa shape index (κ3) is 3.37. The Morgan fingerprint density at radius 1 is 1.30 bits per heavy atom. The van der Waals surface area contributed by atoms with E-state index >= 15 is 0 Å². The lowest BCUT2D eigenvalue weighted by atomic mass is 9.96. The Labute approximate surface area is 135 Å². The number of anilines is 1. The Bertz CT molecular complexity index is 743. The van der Waals surface area contributed by atoms with Gasteiger partial charge in [-0.05, 0) is 31.4 Å². The number of aryl methyl sites for hydroxylation is 1. The number of terminal acetylenes is 1. The number of nitrogens with zero attached hydrogens (tertiary/aromatic N) is 1. The number of carbonyl (C=O) groups excluding carboxylic acids is 1. The number of nitrogens with one attached hydrogen (secondary N) is 2. The molecule has 2 aromatic rings. The number of rotatable bonds is 5. The zero-order valence-corrected chi connectivity index (χ0v) is 12.9. The van der Waals surface area contributed by atoms with Crippen LogP contribution in [0.5, 0.6) is 0 Å². The molecule has 1 aliphatic rings. The van der Waals surface area contributed by atoms with E-state index in [0.717, 1.165) is 36.4 Å². The first-order chi connectivity index (χ1) is 11.3. The molecule has 5 nitrogen and oxygen atoms in total. The van der Waals surface area contributed by atoms with Crippen LogP contribution in [0, 0.1) is 12.3 Å². The maximum Gasteiger partial charge on any atom is 0.254 e. The van der Waals surface area contributed by atoms with Crippen LogP contribution >= 0.6 is 0 Å². The minimum atomic E-state index is -0.187. The largest absolute Gasteiger partial charge is 0.379 e.